The molecule has 0 spiro atoms. The van der Waals surface area contributed by atoms with Crippen LogP contribution < -0.4 is 29.6 Å². The number of Topliss-reactive ketones (excluding diaryl/α,β-unsaturated/α-hetero) is 1. The van der Waals surface area contributed by atoms with E-state index in [4.69, 9.17) is 61.0 Å². The number of allylic oxidation sites excluding steroid dienone is 2. The van der Waals surface area contributed by atoms with Crippen molar-refractivity contribution in [3.63, 3.8) is 0 Å². The van der Waals surface area contributed by atoms with Gasteiger partial charge in [0, 0.05) is 12.8 Å². The molecular formula is C63H103NaO33S. The minimum absolute atomic E-state index is 0. The first-order chi connectivity index (χ1) is 45.3. The molecule has 98 heavy (non-hydrogen) atoms. The molecule has 0 amide bonds. The Hall–Kier alpha value is -0.840. The second-order valence-electron chi connectivity index (χ2n) is 29.9. The SMILES string of the molecule is CC(C)CC(=O)C[C@](C)(O)[C@H]1CC[C@H]2C3C[C@H](OC4OC(C)C(O)C(OC5OC(C)C(OC6OC(CO)C(O)C(O)C6OC6OC(C)C(O)C(OC7OC(CO)C(O)C(O)C7O)C6O)C(O)C5OC5OC(C)C(O)C(O)C5O)C4O)[C@H]4C[C@@H](OS(=O)(=O)[O-])CC[C@]4(C)C3=CC[C@@]21C.[Na+]. The number of aliphatic hydroxyl groups excluding tert-OH is 15. The monoisotopic (exact) mass is 1440 g/mol. The number of hydrogen-bond acceptors (Lipinski definition) is 33. The van der Waals surface area contributed by atoms with Gasteiger partial charge in [0.15, 0.2) is 37.7 Å². The zero-order valence-corrected chi connectivity index (χ0v) is 59.5. The van der Waals surface area contributed by atoms with E-state index >= 15 is 0 Å². The summed E-state index contributed by atoms with van der Waals surface area (Å²) >= 11 is 0. The van der Waals surface area contributed by atoms with Crippen molar-refractivity contribution in [3.8, 4) is 0 Å². The van der Waals surface area contributed by atoms with Crippen LogP contribution in [0.25, 0.3) is 0 Å². The molecule has 31 unspecified atom stereocenters. The maximum Gasteiger partial charge on any atom is 1.00 e. The summed E-state index contributed by atoms with van der Waals surface area (Å²) in [7, 11) is -5.17. The summed E-state index contributed by atoms with van der Waals surface area (Å²) in [5.41, 5.74) is -1.42. The van der Waals surface area contributed by atoms with Crippen LogP contribution in [0.5, 0.6) is 0 Å². The Morgan fingerprint density at radius 2 is 1.02 bits per heavy atom. The van der Waals surface area contributed by atoms with Gasteiger partial charge < -0.3 is 143 Å². The van der Waals surface area contributed by atoms with E-state index in [1.54, 1.807) is 6.92 Å². The number of rotatable bonds is 21. The van der Waals surface area contributed by atoms with Gasteiger partial charge in [-0.15, -0.1) is 0 Å². The second-order valence-corrected chi connectivity index (χ2v) is 30.9. The molecule has 0 aromatic rings. The molecule has 35 heteroatoms. The first-order valence-corrected chi connectivity index (χ1v) is 35.2. The first-order valence-electron chi connectivity index (χ1n) is 33.8. The maximum atomic E-state index is 13.3. The fourth-order valence-corrected chi connectivity index (χ4v) is 18.0. The summed E-state index contributed by atoms with van der Waals surface area (Å²) in [6, 6.07) is 0. The van der Waals surface area contributed by atoms with Crippen molar-refractivity contribution in [2.24, 2.45) is 40.4 Å². The molecule has 6 heterocycles. The van der Waals surface area contributed by atoms with Crippen LogP contribution in [0.3, 0.4) is 0 Å². The van der Waals surface area contributed by atoms with Crippen LogP contribution >= 0.6 is 0 Å². The predicted molar refractivity (Wildman–Crippen MR) is 321 cm³/mol. The van der Waals surface area contributed by atoms with Gasteiger partial charge in [-0.1, -0.05) is 39.3 Å². The average molecular weight is 1440 g/mol. The fraction of sp³-hybridized carbons (Fsp3) is 0.952. The summed E-state index contributed by atoms with van der Waals surface area (Å²) in [6.07, 6.45) is -50.7. The summed E-state index contributed by atoms with van der Waals surface area (Å²) in [5, 5.41) is 180. The quantitative estimate of drug-likeness (QED) is 0.0220. The van der Waals surface area contributed by atoms with E-state index < -0.39 is 242 Å². The third-order valence-electron chi connectivity index (χ3n) is 22.7. The molecule has 560 valence electrons. The fourth-order valence-electron chi connectivity index (χ4n) is 17.5. The molecule has 9 fully saturated rings. The van der Waals surface area contributed by atoms with E-state index in [9.17, 15) is 99.5 Å². The van der Waals surface area contributed by atoms with Gasteiger partial charge in [0.1, 0.15) is 128 Å². The number of carbonyl (C=O) groups excluding carboxylic acids is 1. The molecule has 0 radical (unpaired) electrons. The Bertz CT molecular complexity index is 2790. The zero-order valence-electron chi connectivity index (χ0n) is 56.7. The van der Waals surface area contributed by atoms with E-state index in [1.165, 1.54) is 27.7 Å². The van der Waals surface area contributed by atoms with Gasteiger partial charge in [-0.2, -0.15) is 0 Å². The minimum Gasteiger partial charge on any atom is -0.726 e. The van der Waals surface area contributed by atoms with E-state index in [0.717, 1.165) is 5.57 Å². The zero-order chi connectivity index (χ0) is 71.2. The largest absolute Gasteiger partial charge is 1.00 e. The number of ketones is 1. The maximum absolute atomic E-state index is 13.3. The van der Waals surface area contributed by atoms with Crippen LogP contribution in [-0.2, 0) is 76.2 Å². The Morgan fingerprint density at radius 3 is 1.58 bits per heavy atom. The van der Waals surface area contributed by atoms with Crippen LogP contribution in [0.2, 0.25) is 0 Å². The molecule has 4 aliphatic carbocycles. The van der Waals surface area contributed by atoms with Crippen LogP contribution in [0.1, 0.15) is 120 Å². The Labute approximate surface area is 590 Å². The van der Waals surface area contributed by atoms with Crippen LogP contribution in [0, 0.1) is 40.4 Å². The van der Waals surface area contributed by atoms with Crippen molar-refractivity contribution in [3.05, 3.63) is 11.6 Å². The Balaban J connectivity index is 0.0000112. The van der Waals surface area contributed by atoms with E-state index in [1.807, 2.05) is 20.8 Å². The first kappa shape index (κ1) is 81.2. The third kappa shape index (κ3) is 16.2. The molecule has 0 bridgehead atoms. The number of aliphatic hydroxyl groups is 16. The van der Waals surface area contributed by atoms with E-state index in [-0.39, 0.29) is 84.7 Å². The molecule has 39 atom stereocenters. The van der Waals surface area contributed by atoms with Gasteiger partial charge in [-0.3, -0.25) is 8.98 Å². The smallest absolute Gasteiger partial charge is 0.726 e. The standard InChI is InChI=1S/C63H104O33S.Na/c1-22(2)16-27(66)19-63(9,80)36-11-10-30-29-18-33(32-17-28(96-97(81,82)83)12-14-61(32,7)31(29)13-15-62(30,36)8)88-57-48(78)52(39(69)24(4)85-57)93-59-54(95-55-45(75)42(72)37(67)23(3)84-55)47(77)50(26(6)87-59)91-60-53(44(74)41(71)35(21-65)90-60)94-58-49(79)51(38(68)25(5)86-58)92-56-46(76)43(73)40(70)34(20-64)89-56;/h13,22-26,28-30,32-60,64-65,67-80H,10-12,14-21H2,1-9H3,(H,81,82,83);/q;+1/p-1/t23?,24?,25?,26?,28-,29?,30-,32+,33-,34?,35?,36-,37?,38?,39?,40?,41?,42?,43?,44?,45?,46?,47?,48?,49?,50?,51?,52?,53?,54?,55?,56?,57?,58?,59?,60?,61+,62-,63-;/m0./s1. The predicted octanol–water partition coefficient (Wildman–Crippen LogP) is -7.80. The molecule has 10 aliphatic rings. The van der Waals surface area contributed by atoms with Crippen molar-refractivity contribution in [1.82, 2.24) is 0 Å². The summed E-state index contributed by atoms with van der Waals surface area (Å²) in [5.74, 6) is -1.03. The molecular weight excluding hydrogens is 1340 g/mol. The van der Waals surface area contributed by atoms with Gasteiger partial charge >= 0.3 is 29.6 Å². The molecule has 6 aliphatic heterocycles. The number of fused-ring (bicyclic) bond motifs is 5. The summed E-state index contributed by atoms with van der Waals surface area (Å²) in [6.45, 7) is 13.5. The number of carbonyl (C=O) groups is 1. The molecule has 6 saturated heterocycles. The number of hydrogen-bond donors (Lipinski definition) is 16. The summed E-state index contributed by atoms with van der Waals surface area (Å²) < 4.78 is 115. The van der Waals surface area contributed by atoms with Gasteiger partial charge in [-0.25, -0.2) is 8.42 Å². The Kier molecular flexibility index (Phi) is 26.5. The van der Waals surface area contributed by atoms with E-state index in [2.05, 4.69) is 13.0 Å². The van der Waals surface area contributed by atoms with Crippen molar-refractivity contribution < 1.29 is 190 Å². The van der Waals surface area contributed by atoms with E-state index in [0.29, 0.717) is 32.1 Å². The molecule has 3 saturated carbocycles. The number of ether oxygens (including phenoxy) is 12. The van der Waals surface area contributed by atoms with Crippen molar-refractivity contribution >= 4 is 16.2 Å². The van der Waals surface area contributed by atoms with Gasteiger partial charge in [-0.05, 0) is 120 Å². The molecule has 16 N–H and O–H groups in total. The van der Waals surface area contributed by atoms with Crippen LogP contribution in [-0.4, -0.2) is 316 Å². The van der Waals surface area contributed by atoms with Crippen molar-refractivity contribution in [1.29, 1.82) is 0 Å². The molecule has 10 rings (SSSR count). The van der Waals surface area contributed by atoms with Crippen LogP contribution in [0.4, 0.5) is 0 Å². The molecule has 33 nitrogen and oxygen atoms in total. The normalized spacial score (nSPS) is 51.4. The van der Waals surface area contributed by atoms with Gasteiger partial charge in [0.2, 0.25) is 10.4 Å². The summed E-state index contributed by atoms with van der Waals surface area (Å²) in [4.78, 5) is 13.3. The van der Waals surface area contributed by atoms with Crippen molar-refractivity contribution in [2.45, 2.75) is 322 Å². The van der Waals surface area contributed by atoms with Gasteiger partial charge in [0.05, 0.1) is 55.4 Å². The topological polar surface area (TPSA) is 518 Å². The van der Waals surface area contributed by atoms with Crippen LogP contribution in [0.15, 0.2) is 11.6 Å². The third-order valence-corrected chi connectivity index (χ3v) is 23.2. The Morgan fingerprint density at radius 1 is 0.561 bits per heavy atom. The van der Waals surface area contributed by atoms with Crippen molar-refractivity contribution in [2.75, 3.05) is 13.2 Å². The second kappa shape index (κ2) is 31.9. The molecule has 0 aromatic carbocycles. The molecule has 0 aromatic heterocycles. The minimum atomic E-state index is -5.17. The average Bonchev–Trinajstić information content (AvgIpc) is 1.35. The van der Waals surface area contributed by atoms with Gasteiger partial charge in [0.25, 0.3) is 0 Å².